The number of carbonyl (C=O) groups excluding carboxylic acids is 2. The van der Waals surface area contributed by atoms with Crippen LogP contribution in [0.2, 0.25) is 0 Å². The first kappa shape index (κ1) is 9.50. The van der Waals surface area contributed by atoms with Crippen LogP contribution in [0, 0.1) is 12.3 Å². The van der Waals surface area contributed by atoms with Crippen molar-refractivity contribution in [3.05, 3.63) is 0 Å². The van der Waals surface area contributed by atoms with Crippen LogP contribution in [0.4, 0.5) is 0 Å². The van der Waals surface area contributed by atoms with E-state index in [9.17, 15) is 9.59 Å². The fourth-order valence-corrected chi connectivity index (χ4v) is 0.574. The average molecular weight is 154 g/mol. The molecule has 3 N–H and O–H groups in total. The summed E-state index contributed by atoms with van der Waals surface area (Å²) in [6.07, 6.45) is 5.21. The summed E-state index contributed by atoms with van der Waals surface area (Å²) in [4.78, 5) is 21.1. The van der Waals surface area contributed by atoms with Crippen molar-refractivity contribution in [1.82, 2.24) is 5.32 Å². The number of terminal acetylenes is 1. The van der Waals surface area contributed by atoms with Gasteiger partial charge in [0.1, 0.15) is 6.04 Å². The van der Waals surface area contributed by atoms with Gasteiger partial charge in [-0.25, -0.2) is 0 Å². The molecular formula is C7H10N2O2. The molecule has 0 aliphatic rings. The number of hydrogen-bond acceptors (Lipinski definition) is 2. The summed E-state index contributed by atoms with van der Waals surface area (Å²) in [5.41, 5.74) is 4.93. The maximum absolute atomic E-state index is 10.5. The normalized spacial score (nSPS) is 11.3. The molecule has 0 rings (SSSR count). The molecule has 0 fully saturated rings. The molecule has 4 nitrogen and oxygen atoms in total. The van der Waals surface area contributed by atoms with Gasteiger partial charge in [-0.2, -0.15) is 0 Å². The first-order valence-corrected chi connectivity index (χ1v) is 3.18. The van der Waals surface area contributed by atoms with Crippen LogP contribution in [-0.2, 0) is 9.59 Å². The van der Waals surface area contributed by atoms with Gasteiger partial charge in [0, 0.05) is 0 Å². The zero-order valence-electron chi connectivity index (χ0n) is 6.26. The first-order chi connectivity index (χ1) is 5.11. The lowest BCUT2D eigenvalue weighted by Crippen LogP contribution is -2.43. The second-order valence-corrected chi connectivity index (χ2v) is 1.98. The Morgan fingerprint density at radius 3 is 2.55 bits per heavy atom. The van der Waals surface area contributed by atoms with E-state index < -0.39 is 17.9 Å². The minimum atomic E-state index is -0.654. The van der Waals surface area contributed by atoms with Gasteiger partial charge >= 0.3 is 0 Å². The number of hydrogen-bond donors (Lipinski definition) is 2. The molecule has 4 heteroatoms. The number of amides is 2. The second kappa shape index (κ2) is 4.34. The molecule has 0 aromatic heterocycles. The summed E-state index contributed by atoms with van der Waals surface area (Å²) >= 11 is 0. The quantitative estimate of drug-likeness (QED) is 0.512. The van der Waals surface area contributed by atoms with Crippen LogP contribution < -0.4 is 11.1 Å². The van der Waals surface area contributed by atoms with Crippen LogP contribution in [-0.4, -0.2) is 17.9 Å². The van der Waals surface area contributed by atoms with Crippen LogP contribution in [0.1, 0.15) is 13.3 Å². The number of primary amides is 1. The number of nitrogens with one attached hydrogen (secondary N) is 1. The molecule has 0 saturated carbocycles. The molecule has 0 spiro atoms. The van der Waals surface area contributed by atoms with E-state index in [4.69, 9.17) is 12.2 Å². The molecule has 0 aromatic rings. The molecule has 1 unspecified atom stereocenters. The molecule has 2 amide bonds. The van der Waals surface area contributed by atoms with Crippen LogP contribution in [0.15, 0.2) is 0 Å². The van der Waals surface area contributed by atoms with Gasteiger partial charge in [0.2, 0.25) is 5.91 Å². The zero-order valence-corrected chi connectivity index (χ0v) is 6.26. The molecule has 60 valence electrons. The lowest BCUT2D eigenvalue weighted by molar-refractivity contribution is -0.124. The van der Waals surface area contributed by atoms with Crippen molar-refractivity contribution in [2.45, 2.75) is 19.4 Å². The fraction of sp³-hybridized carbons (Fsp3) is 0.429. The highest BCUT2D eigenvalue weighted by molar-refractivity contribution is 5.96. The Morgan fingerprint density at radius 1 is 1.73 bits per heavy atom. The van der Waals surface area contributed by atoms with Gasteiger partial charge in [-0.3, -0.25) is 9.59 Å². The molecule has 0 saturated heterocycles. The molecule has 0 aromatic carbocycles. The van der Waals surface area contributed by atoms with Gasteiger partial charge in [0.25, 0.3) is 5.91 Å². The van der Waals surface area contributed by atoms with Crippen LogP contribution >= 0.6 is 0 Å². The van der Waals surface area contributed by atoms with Gasteiger partial charge in [-0.15, -0.1) is 6.42 Å². The van der Waals surface area contributed by atoms with E-state index in [1.807, 2.05) is 5.92 Å². The highest BCUT2D eigenvalue weighted by Crippen LogP contribution is 1.87. The van der Waals surface area contributed by atoms with E-state index in [-0.39, 0.29) is 0 Å². The Bertz CT molecular complexity index is 205. The minimum Gasteiger partial charge on any atom is -0.368 e. The fourth-order valence-electron chi connectivity index (χ4n) is 0.574. The molecule has 0 aliphatic carbocycles. The Kier molecular flexibility index (Phi) is 3.75. The Labute approximate surface area is 65.1 Å². The van der Waals surface area contributed by atoms with E-state index in [0.717, 1.165) is 0 Å². The highest BCUT2D eigenvalue weighted by atomic mass is 16.2. The predicted octanol–water partition coefficient (Wildman–Crippen LogP) is -1.00. The van der Waals surface area contributed by atoms with Crippen molar-refractivity contribution in [3.63, 3.8) is 0 Å². The van der Waals surface area contributed by atoms with Crippen LogP contribution in [0.5, 0.6) is 0 Å². The third kappa shape index (κ3) is 3.26. The number of nitrogens with two attached hydrogens (primary N) is 1. The standard InChI is InChI=1S/C7H10N2O2/c1-3-5(7(8)11)9-6(10)4-2/h2,5H,3H2,1H3,(H2,8,11)(H,9,10). The smallest absolute Gasteiger partial charge is 0.296 e. The SMILES string of the molecule is C#CC(=O)NC(CC)C(N)=O. The van der Waals surface area contributed by atoms with Crippen molar-refractivity contribution in [2.24, 2.45) is 5.73 Å². The van der Waals surface area contributed by atoms with Gasteiger partial charge in [-0.1, -0.05) is 6.92 Å². The summed E-state index contributed by atoms with van der Waals surface area (Å²) in [6, 6.07) is -0.654. The monoisotopic (exact) mass is 154 g/mol. The van der Waals surface area contributed by atoms with Crippen molar-refractivity contribution >= 4 is 11.8 Å². The lowest BCUT2D eigenvalue weighted by atomic mass is 10.2. The Hall–Kier alpha value is -1.50. The van der Waals surface area contributed by atoms with Gasteiger partial charge in [0.05, 0.1) is 0 Å². The first-order valence-electron chi connectivity index (χ1n) is 3.18. The van der Waals surface area contributed by atoms with Crippen molar-refractivity contribution < 1.29 is 9.59 Å². The van der Waals surface area contributed by atoms with Crippen molar-refractivity contribution in [1.29, 1.82) is 0 Å². The molecular weight excluding hydrogens is 144 g/mol. The molecule has 0 bridgehead atoms. The molecule has 0 heterocycles. The van der Waals surface area contributed by atoms with E-state index in [1.54, 1.807) is 6.92 Å². The molecule has 0 aliphatic heterocycles. The summed E-state index contributed by atoms with van der Waals surface area (Å²) in [5.74, 6) is 0.639. The average Bonchev–Trinajstić information content (AvgIpc) is 1.99. The lowest BCUT2D eigenvalue weighted by Gasteiger charge is -2.09. The molecule has 1 atom stereocenters. The predicted molar refractivity (Wildman–Crippen MR) is 40.2 cm³/mol. The maximum atomic E-state index is 10.5. The van der Waals surface area contributed by atoms with E-state index in [0.29, 0.717) is 6.42 Å². The largest absolute Gasteiger partial charge is 0.368 e. The molecule has 0 radical (unpaired) electrons. The number of carbonyl (C=O) groups is 2. The highest BCUT2D eigenvalue weighted by Gasteiger charge is 2.13. The Balaban J connectivity index is 4.01. The summed E-state index contributed by atoms with van der Waals surface area (Å²) in [5, 5.41) is 2.27. The van der Waals surface area contributed by atoms with E-state index >= 15 is 0 Å². The maximum Gasteiger partial charge on any atom is 0.296 e. The third-order valence-electron chi connectivity index (χ3n) is 1.19. The molecule has 11 heavy (non-hydrogen) atoms. The summed E-state index contributed by atoms with van der Waals surface area (Å²) in [7, 11) is 0. The van der Waals surface area contributed by atoms with Crippen molar-refractivity contribution in [2.75, 3.05) is 0 Å². The van der Waals surface area contributed by atoms with Gasteiger partial charge < -0.3 is 11.1 Å². The third-order valence-corrected chi connectivity index (χ3v) is 1.19. The van der Waals surface area contributed by atoms with Gasteiger partial charge in [0.15, 0.2) is 0 Å². The van der Waals surface area contributed by atoms with Crippen LogP contribution in [0.25, 0.3) is 0 Å². The van der Waals surface area contributed by atoms with E-state index in [2.05, 4.69) is 5.32 Å². The van der Waals surface area contributed by atoms with E-state index in [1.165, 1.54) is 0 Å². The summed E-state index contributed by atoms with van der Waals surface area (Å²) in [6.45, 7) is 1.73. The number of rotatable bonds is 3. The van der Waals surface area contributed by atoms with Gasteiger partial charge in [-0.05, 0) is 12.3 Å². The topological polar surface area (TPSA) is 72.2 Å². The summed E-state index contributed by atoms with van der Waals surface area (Å²) < 4.78 is 0. The second-order valence-electron chi connectivity index (χ2n) is 1.98. The zero-order chi connectivity index (χ0) is 8.85. The minimum absolute atomic E-state index is 0.447. The Morgan fingerprint density at radius 2 is 2.27 bits per heavy atom. The van der Waals surface area contributed by atoms with Crippen molar-refractivity contribution in [3.8, 4) is 12.3 Å². The van der Waals surface area contributed by atoms with Crippen LogP contribution in [0.3, 0.4) is 0 Å².